The van der Waals surface area contributed by atoms with Crippen molar-refractivity contribution in [3.63, 3.8) is 0 Å². The molecule has 0 saturated heterocycles. The molecular formula is C11H23N. The smallest absolute Gasteiger partial charge is 0.0146 e. The third-order valence-corrected chi connectivity index (χ3v) is 3.45. The highest BCUT2D eigenvalue weighted by Crippen LogP contribution is 2.40. The molecule has 0 heterocycles. The zero-order valence-electron chi connectivity index (χ0n) is 9.06. The summed E-state index contributed by atoms with van der Waals surface area (Å²) in [5.74, 6) is 0. The average Bonchev–Trinajstić information content (AvgIpc) is 2.34. The molecule has 1 aliphatic carbocycles. The summed E-state index contributed by atoms with van der Waals surface area (Å²) in [6.07, 6.45) is 4.25. The van der Waals surface area contributed by atoms with Gasteiger partial charge in [-0.05, 0) is 31.3 Å². The molecule has 0 amide bonds. The predicted molar refractivity (Wildman–Crippen MR) is 54.3 cm³/mol. The molecule has 1 nitrogen and oxygen atoms in total. The lowest BCUT2D eigenvalue weighted by atomic mass is 9.86. The van der Waals surface area contributed by atoms with Crippen molar-refractivity contribution in [2.45, 2.75) is 53.0 Å². The van der Waals surface area contributed by atoms with Crippen LogP contribution in [0.3, 0.4) is 0 Å². The molecule has 72 valence electrons. The van der Waals surface area contributed by atoms with Gasteiger partial charge in [0.05, 0.1) is 0 Å². The third-order valence-electron chi connectivity index (χ3n) is 3.45. The van der Waals surface area contributed by atoms with Crippen LogP contribution < -0.4 is 0 Å². The molecule has 12 heavy (non-hydrogen) atoms. The Hall–Kier alpha value is -0.0400. The molecule has 0 bridgehead atoms. The topological polar surface area (TPSA) is 3.24 Å². The van der Waals surface area contributed by atoms with E-state index in [-0.39, 0.29) is 0 Å². The second-order valence-electron chi connectivity index (χ2n) is 4.62. The van der Waals surface area contributed by atoms with Crippen molar-refractivity contribution in [1.29, 1.82) is 0 Å². The molecule has 0 aromatic heterocycles. The fourth-order valence-corrected chi connectivity index (χ4v) is 2.65. The van der Waals surface area contributed by atoms with Crippen LogP contribution in [0.1, 0.15) is 47.0 Å². The molecule has 0 radical (unpaired) electrons. The van der Waals surface area contributed by atoms with Gasteiger partial charge in [-0.25, -0.2) is 0 Å². The van der Waals surface area contributed by atoms with Gasteiger partial charge in [0.15, 0.2) is 0 Å². The van der Waals surface area contributed by atoms with Crippen LogP contribution in [0.15, 0.2) is 0 Å². The van der Waals surface area contributed by atoms with Gasteiger partial charge in [0.2, 0.25) is 0 Å². The molecule has 1 saturated carbocycles. The average molecular weight is 169 g/mol. The van der Waals surface area contributed by atoms with Crippen molar-refractivity contribution in [2.75, 3.05) is 13.1 Å². The Kier molecular flexibility index (Phi) is 3.16. The number of nitrogens with zero attached hydrogens (tertiary/aromatic N) is 1. The SMILES string of the molecule is CCN(CC)C1CCCC1(C)C. The normalized spacial score (nSPS) is 28.2. The fourth-order valence-electron chi connectivity index (χ4n) is 2.65. The van der Waals surface area contributed by atoms with E-state index in [4.69, 9.17) is 0 Å². The lowest BCUT2D eigenvalue weighted by molar-refractivity contribution is 0.125. The van der Waals surface area contributed by atoms with Crippen LogP contribution in [0.4, 0.5) is 0 Å². The molecule has 1 heteroatoms. The second-order valence-corrected chi connectivity index (χ2v) is 4.62. The molecule has 1 rings (SSSR count). The largest absolute Gasteiger partial charge is 0.300 e. The van der Waals surface area contributed by atoms with Crippen LogP contribution in [0.25, 0.3) is 0 Å². The van der Waals surface area contributed by atoms with Gasteiger partial charge in [0.1, 0.15) is 0 Å². The van der Waals surface area contributed by atoms with Gasteiger partial charge in [0, 0.05) is 6.04 Å². The van der Waals surface area contributed by atoms with E-state index in [9.17, 15) is 0 Å². The van der Waals surface area contributed by atoms with Gasteiger partial charge in [-0.2, -0.15) is 0 Å². The highest BCUT2D eigenvalue weighted by molar-refractivity contribution is 4.91. The van der Waals surface area contributed by atoms with Crippen LogP contribution in [-0.2, 0) is 0 Å². The Morgan fingerprint density at radius 3 is 2.17 bits per heavy atom. The Morgan fingerprint density at radius 2 is 1.83 bits per heavy atom. The second kappa shape index (κ2) is 3.78. The Morgan fingerprint density at radius 1 is 1.25 bits per heavy atom. The van der Waals surface area contributed by atoms with Gasteiger partial charge < -0.3 is 4.90 Å². The van der Waals surface area contributed by atoms with Gasteiger partial charge in [-0.1, -0.05) is 34.1 Å². The quantitative estimate of drug-likeness (QED) is 0.628. The minimum Gasteiger partial charge on any atom is -0.300 e. The zero-order valence-corrected chi connectivity index (χ0v) is 9.06. The summed E-state index contributed by atoms with van der Waals surface area (Å²) in [6, 6.07) is 0.840. The minimum atomic E-state index is 0.562. The first-order valence-electron chi connectivity index (χ1n) is 5.36. The summed E-state index contributed by atoms with van der Waals surface area (Å²) >= 11 is 0. The maximum atomic E-state index is 2.62. The molecule has 1 aliphatic rings. The third kappa shape index (κ3) is 1.82. The van der Waals surface area contributed by atoms with Gasteiger partial charge in [-0.3, -0.25) is 0 Å². The molecule has 1 atom stereocenters. The van der Waals surface area contributed by atoms with Gasteiger partial charge in [-0.15, -0.1) is 0 Å². The lowest BCUT2D eigenvalue weighted by Gasteiger charge is -2.36. The first-order chi connectivity index (χ1) is 5.61. The fraction of sp³-hybridized carbons (Fsp3) is 1.00. The zero-order chi connectivity index (χ0) is 9.19. The molecule has 0 aliphatic heterocycles. The van der Waals surface area contributed by atoms with E-state index in [1.54, 1.807) is 0 Å². The van der Waals surface area contributed by atoms with Crippen molar-refractivity contribution < 1.29 is 0 Å². The summed E-state index contributed by atoms with van der Waals surface area (Å²) < 4.78 is 0. The lowest BCUT2D eigenvalue weighted by Crippen LogP contribution is -2.41. The van der Waals surface area contributed by atoms with E-state index in [1.165, 1.54) is 32.4 Å². The van der Waals surface area contributed by atoms with Crippen LogP contribution in [0.2, 0.25) is 0 Å². The molecule has 0 N–H and O–H groups in total. The van der Waals surface area contributed by atoms with E-state index in [0.29, 0.717) is 5.41 Å². The van der Waals surface area contributed by atoms with E-state index < -0.39 is 0 Å². The van der Waals surface area contributed by atoms with Crippen molar-refractivity contribution >= 4 is 0 Å². The summed E-state index contributed by atoms with van der Waals surface area (Å²) in [5.41, 5.74) is 0.562. The Bertz CT molecular complexity index is 136. The monoisotopic (exact) mass is 169 g/mol. The molecule has 0 aromatic carbocycles. The van der Waals surface area contributed by atoms with Crippen LogP contribution >= 0.6 is 0 Å². The standard InChI is InChI=1S/C11H23N/c1-5-12(6-2)10-8-7-9-11(10,3)4/h10H,5-9H2,1-4H3. The van der Waals surface area contributed by atoms with Gasteiger partial charge in [0.25, 0.3) is 0 Å². The van der Waals surface area contributed by atoms with E-state index >= 15 is 0 Å². The van der Waals surface area contributed by atoms with Crippen molar-refractivity contribution in [3.8, 4) is 0 Å². The molecular weight excluding hydrogens is 146 g/mol. The number of hydrogen-bond donors (Lipinski definition) is 0. The summed E-state index contributed by atoms with van der Waals surface area (Å²) in [7, 11) is 0. The van der Waals surface area contributed by atoms with E-state index in [1.807, 2.05) is 0 Å². The molecule has 0 aromatic rings. The minimum absolute atomic E-state index is 0.562. The summed E-state index contributed by atoms with van der Waals surface area (Å²) in [4.78, 5) is 2.62. The van der Waals surface area contributed by atoms with Crippen LogP contribution in [0.5, 0.6) is 0 Å². The van der Waals surface area contributed by atoms with Gasteiger partial charge >= 0.3 is 0 Å². The maximum Gasteiger partial charge on any atom is 0.0146 e. The summed E-state index contributed by atoms with van der Waals surface area (Å²) in [5, 5.41) is 0. The van der Waals surface area contributed by atoms with E-state index in [0.717, 1.165) is 6.04 Å². The van der Waals surface area contributed by atoms with Crippen LogP contribution in [-0.4, -0.2) is 24.0 Å². The molecule has 1 unspecified atom stereocenters. The Balaban J connectivity index is 2.60. The van der Waals surface area contributed by atoms with Crippen molar-refractivity contribution in [3.05, 3.63) is 0 Å². The summed E-state index contributed by atoms with van der Waals surface area (Å²) in [6.45, 7) is 11.8. The maximum absolute atomic E-state index is 2.62. The Labute approximate surface area is 77.1 Å². The molecule has 0 spiro atoms. The molecule has 1 fully saturated rings. The predicted octanol–water partition coefficient (Wildman–Crippen LogP) is 2.91. The van der Waals surface area contributed by atoms with Crippen molar-refractivity contribution in [1.82, 2.24) is 4.90 Å². The number of hydrogen-bond acceptors (Lipinski definition) is 1. The number of rotatable bonds is 3. The highest BCUT2D eigenvalue weighted by Gasteiger charge is 2.36. The first kappa shape index (κ1) is 10.0. The van der Waals surface area contributed by atoms with Crippen LogP contribution in [0, 0.1) is 5.41 Å². The van der Waals surface area contributed by atoms with E-state index in [2.05, 4.69) is 32.6 Å². The van der Waals surface area contributed by atoms with Crippen molar-refractivity contribution in [2.24, 2.45) is 5.41 Å². The first-order valence-corrected chi connectivity index (χ1v) is 5.36. The highest BCUT2D eigenvalue weighted by atomic mass is 15.2.